The van der Waals surface area contributed by atoms with E-state index in [9.17, 15) is 0 Å². The molecule has 0 aliphatic carbocycles. The Hall–Kier alpha value is -2.22. The van der Waals surface area contributed by atoms with Gasteiger partial charge in [-0.15, -0.1) is 0 Å². The van der Waals surface area contributed by atoms with E-state index in [1.807, 2.05) is 50.2 Å². The van der Waals surface area contributed by atoms with Gasteiger partial charge < -0.3 is 9.47 Å². The second-order valence-corrected chi connectivity index (χ2v) is 4.22. The third-order valence-corrected chi connectivity index (χ3v) is 2.41. The Morgan fingerprint density at radius 1 is 0.778 bits per heavy atom. The number of benzene rings is 2. The predicted molar refractivity (Wildman–Crippen MR) is 74.8 cm³/mol. The number of hydrogen-bond acceptors (Lipinski definition) is 2. The van der Waals surface area contributed by atoms with E-state index in [0.717, 1.165) is 22.3 Å². The van der Waals surface area contributed by atoms with Crippen LogP contribution in [0.5, 0.6) is 11.5 Å². The summed E-state index contributed by atoms with van der Waals surface area (Å²) in [5, 5.41) is 2.00. The fraction of sp³-hybridized carbons (Fsp3) is 0.125. The minimum absolute atomic E-state index is 0.661. The van der Waals surface area contributed by atoms with Gasteiger partial charge in [-0.2, -0.15) is 0 Å². The quantitative estimate of drug-likeness (QED) is 0.723. The van der Waals surface area contributed by atoms with Crippen molar-refractivity contribution in [1.82, 2.24) is 0 Å². The van der Waals surface area contributed by atoms with E-state index in [2.05, 4.69) is 13.2 Å². The average Bonchev–Trinajstić information content (AvgIpc) is 2.29. The van der Waals surface area contributed by atoms with Gasteiger partial charge in [-0.1, -0.05) is 37.4 Å². The molecule has 0 radical (unpaired) electrons. The van der Waals surface area contributed by atoms with Crippen molar-refractivity contribution in [3.63, 3.8) is 0 Å². The van der Waals surface area contributed by atoms with Gasteiger partial charge in [-0.05, 0) is 26.0 Å². The summed E-state index contributed by atoms with van der Waals surface area (Å²) in [5.41, 5.74) is 0. The van der Waals surface area contributed by atoms with E-state index >= 15 is 0 Å². The lowest BCUT2D eigenvalue weighted by Crippen LogP contribution is -1.92. The van der Waals surface area contributed by atoms with Gasteiger partial charge in [0.2, 0.25) is 0 Å². The summed E-state index contributed by atoms with van der Waals surface area (Å²) in [7, 11) is 0. The minimum Gasteiger partial charge on any atom is -0.462 e. The number of hydrogen-bond donors (Lipinski definition) is 0. The minimum atomic E-state index is 0.661. The van der Waals surface area contributed by atoms with Gasteiger partial charge in [0.1, 0.15) is 11.5 Å². The Balaban J connectivity index is 2.57. The summed E-state index contributed by atoms with van der Waals surface area (Å²) in [4.78, 5) is 0. The molecule has 2 nitrogen and oxygen atoms in total. The molecule has 0 spiro atoms. The van der Waals surface area contributed by atoms with Crippen LogP contribution in [0.25, 0.3) is 10.8 Å². The van der Waals surface area contributed by atoms with Crippen LogP contribution in [0.2, 0.25) is 0 Å². The Morgan fingerprint density at radius 3 is 1.50 bits per heavy atom. The molecule has 2 aromatic rings. The summed E-state index contributed by atoms with van der Waals surface area (Å²) >= 11 is 0. The van der Waals surface area contributed by atoms with Gasteiger partial charge in [-0.25, -0.2) is 0 Å². The first-order chi connectivity index (χ1) is 8.58. The molecule has 0 saturated heterocycles. The second-order valence-electron chi connectivity index (χ2n) is 4.22. The van der Waals surface area contributed by atoms with Crippen molar-refractivity contribution in [2.45, 2.75) is 13.8 Å². The molecule has 0 heterocycles. The molecular weight excluding hydrogens is 224 g/mol. The third kappa shape index (κ3) is 2.54. The first kappa shape index (κ1) is 12.2. The fourth-order valence-corrected chi connectivity index (χ4v) is 1.81. The lowest BCUT2D eigenvalue weighted by Gasteiger charge is -2.12. The largest absolute Gasteiger partial charge is 0.462 e. The van der Waals surface area contributed by atoms with E-state index in [-0.39, 0.29) is 0 Å². The zero-order valence-corrected chi connectivity index (χ0v) is 10.7. The van der Waals surface area contributed by atoms with Gasteiger partial charge in [0.25, 0.3) is 0 Å². The Bertz CT molecular complexity index is 556. The van der Waals surface area contributed by atoms with Crippen molar-refractivity contribution in [3.8, 4) is 11.5 Å². The number of fused-ring (bicyclic) bond motifs is 1. The Morgan fingerprint density at radius 2 is 1.17 bits per heavy atom. The van der Waals surface area contributed by atoms with Crippen molar-refractivity contribution in [3.05, 3.63) is 61.1 Å². The number of ether oxygens (including phenoxy) is 2. The lowest BCUT2D eigenvalue weighted by atomic mass is 10.1. The zero-order valence-electron chi connectivity index (χ0n) is 10.7. The number of rotatable bonds is 4. The van der Waals surface area contributed by atoms with Gasteiger partial charge in [0, 0.05) is 10.8 Å². The SMILES string of the molecule is C=C(C)Oc1cccc2c(OC(=C)C)cccc12. The predicted octanol–water partition coefficient (Wildman–Crippen LogP) is 4.66. The van der Waals surface area contributed by atoms with Crippen molar-refractivity contribution >= 4 is 10.8 Å². The Labute approximate surface area is 107 Å². The first-order valence-electron chi connectivity index (χ1n) is 5.76. The van der Waals surface area contributed by atoms with E-state index in [0.29, 0.717) is 11.5 Å². The first-order valence-corrected chi connectivity index (χ1v) is 5.76. The highest BCUT2D eigenvalue weighted by molar-refractivity contribution is 5.93. The zero-order chi connectivity index (χ0) is 13.1. The van der Waals surface area contributed by atoms with Crippen LogP contribution in [-0.2, 0) is 0 Å². The highest BCUT2D eigenvalue weighted by Gasteiger charge is 2.07. The van der Waals surface area contributed by atoms with Gasteiger partial charge in [0.15, 0.2) is 0 Å². The summed E-state index contributed by atoms with van der Waals surface area (Å²) in [5.74, 6) is 2.89. The topological polar surface area (TPSA) is 18.5 Å². The summed E-state index contributed by atoms with van der Waals surface area (Å²) < 4.78 is 11.2. The van der Waals surface area contributed by atoms with Gasteiger partial charge in [-0.3, -0.25) is 0 Å². The van der Waals surface area contributed by atoms with Crippen LogP contribution in [-0.4, -0.2) is 0 Å². The molecule has 0 aliphatic heterocycles. The molecule has 0 atom stereocenters. The van der Waals surface area contributed by atoms with Crippen molar-refractivity contribution < 1.29 is 9.47 Å². The van der Waals surface area contributed by atoms with Gasteiger partial charge >= 0.3 is 0 Å². The molecule has 2 rings (SSSR count). The van der Waals surface area contributed by atoms with Crippen LogP contribution in [0.1, 0.15) is 13.8 Å². The van der Waals surface area contributed by atoms with Crippen LogP contribution in [0, 0.1) is 0 Å². The van der Waals surface area contributed by atoms with Gasteiger partial charge in [0.05, 0.1) is 11.5 Å². The summed E-state index contributed by atoms with van der Waals surface area (Å²) in [6.45, 7) is 11.2. The molecule has 2 aromatic carbocycles. The monoisotopic (exact) mass is 240 g/mol. The lowest BCUT2D eigenvalue weighted by molar-refractivity contribution is 0.431. The molecule has 0 fully saturated rings. The molecule has 92 valence electrons. The van der Waals surface area contributed by atoms with Crippen LogP contribution >= 0.6 is 0 Å². The molecule has 18 heavy (non-hydrogen) atoms. The van der Waals surface area contributed by atoms with Crippen LogP contribution in [0.15, 0.2) is 61.1 Å². The fourth-order valence-electron chi connectivity index (χ4n) is 1.81. The maximum atomic E-state index is 5.62. The normalized spacial score (nSPS) is 10.1. The third-order valence-electron chi connectivity index (χ3n) is 2.41. The molecule has 0 unspecified atom stereocenters. The average molecular weight is 240 g/mol. The van der Waals surface area contributed by atoms with Crippen molar-refractivity contribution in [2.75, 3.05) is 0 Å². The molecule has 0 amide bonds. The second kappa shape index (κ2) is 4.96. The molecule has 0 aromatic heterocycles. The highest BCUT2D eigenvalue weighted by atomic mass is 16.5. The van der Waals surface area contributed by atoms with Crippen molar-refractivity contribution in [1.29, 1.82) is 0 Å². The smallest absolute Gasteiger partial charge is 0.134 e. The van der Waals surface area contributed by atoms with E-state index in [1.54, 1.807) is 0 Å². The standard InChI is InChI=1S/C16H16O2/c1-11(2)17-15-9-5-8-14-13(15)7-6-10-16(14)18-12(3)4/h5-10H,1,3H2,2,4H3. The molecule has 2 heteroatoms. The van der Waals surface area contributed by atoms with Crippen LogP contribution in [0.3, 0.4) is 0 Å². The van der Waals surface area contributed by atoms with Crippen LogP contribution < -0.4 is 9.47 Å². The molecule has 0 N–H and O–H groups in total. The highest BCUT2D eigenvalue weighted by Crippen LogP contribution is 2.33. The maximum Gasteiger partial charge on any atom is 0.134 e. The molecule has 0 aliphatic rings. The van der Waals surface area contributed by atoms with E-state index in [1.165, 1.54) is 0 Å². The molecule has 0 saturated carbocycles. The molecule has 0 bridgehead atoms. The van der Waals surface area contributed by atoms with Crippen LogP contribution in [0.4, 0.5) is 0 Å². The molecular formula is C16H16O2. The summed E-state index contributed by atoms with van der Waals surface area (Å²) in [6, 6.07) is 11.7. The Kier molecular flexibility index (Phi) is 3.38. The maximum absolute atomic E-state index is 5.62. The number of allylic oxidation sites excluding steroid dienone is 2. The van der Waals surface area contributed by atoms with Crippen molar-refractivity contribution in [2.24, 2.45) is 0 Å². The van der Waals surface area contributed by atoms with E-state index in [4.69, 9.17) is 9.47 Å². The summed E-state index contributed by atoms with van der Waals surface area (Å²) in [6.07, 6.45) is 0. The van der Waals surface area contributed by atoms with E-state index < -0.39 is 0 Å².